The van der Waals surface area contributed by atoms with Crippen molar-refractivity contribution in [1.82, 2.24) is 4.57 Å². The van der Waals surface area contributed by atoms with Gasteiger partial charge in [0.25, 0.3) is 0 Å². The van der Waals surface area contributed by atoms with Crippen LogP contribution in [0.2, 0.25) is 5.02 Å². The molecule has 1 aliphatic heterocycles. The lowest BCUT2D eigenvalue weighted by atomic mass is 10.1. The summed E-state index contributed by atoms with van der Waals surface area (Å²) in [5, 5.41) is 1.10. The van der Waals surface area contributed by atoms with Gasteiger partial charge < -0.3 is 9.30 Å². The van der Waals surface area contributed by atoms with Crippen LogP contribution in [-0.2, 0) is 14.6 Å². The molecule has 9 heteroatoms. The van der Waals surface area contributed by atoms with Gasteiger partial charge in [0, 0.05) is 33.1 Å². The van der Waals surface area contributed by atoms with Gasteiger partial charge in [-0.3, -0.25) is 4.79 Å². The molecule has 30 heavy (non-hydrogen) atoms. The van der Waals surface area contributed by atoms with E-state index in [1.54, 1.807) is 13.0 Å². The van der Waals surface area contributed by atoms with E-state index in [-0.39, 0.29) is 28.2 Å². The fourth-order valence-electron chi connectivity index (χ4n) is 4.02. The number of aryl methyl sites for hydroxylation is 1. The number of esters is 1. The van der Waals surface area contributed by atoms with Crippen LogP contribution in [0.4, 0.5) is 0 Å². The number of benzene rings is 1. The maximum absolute atomic E-state index is 12.7. The number of sulfone groups is 1. The van der Waals surface area contributed by atoms with E-state index >= 15 is 0 Å². The molecule has 1 unspecified atom stereocenters. The third-order valence-electron chi connectivity index (χ3n) is 5.41. The highest BCUT2D eigenvalue weighted by molar-refractivity contribution is 7.91. The largest absolute Gasteiger partial charge is 0.453 e. The van der Waals surface area contributed by atoms with Crippen molar-refractivity contribution >= 4 is 54.6 Å². The molecule has 0 N–H and O–H groups in total. The van der Waals surface area contributed by atoms with E-state index in [0.717, 1.165) is 15.8 Å². The molecule has 0 amide bonds. The van der Waals surface area contributed by atoms with Gasteiger partial charge in [0.05, 0.1) is 16.5 Å². The lowest BCUT2D eigenvalue weighted by Gasteiger charge is -2.16. The molecule has 1 saturated heterocycles. The fourth-order valence-corrected chi connectivity index (χ4v) is 7.12. The second kappa shape index (κ2) is 7.83. The second-order valence-electron chi connectivity index (χ2n) is 7.45. The normalized spacial score (nSPS) is 18.0. The summed E-state index contributed by atoms with van der Waals surface area (Å²) >= 11 is 7.53. The van der Waals surface area contributed by atoms with Crippen LogP contribution >= 0.6 is 22.9 Å². The zero-order valence-electron chi connectivity index (χ0n) is 16.5. The van der Waals surface area contributed by atoms with Crippen molar-refractivity contribution in [2.45, 2.75) is 26.3 Å². The van der Waals surface area contributed by atoms with Crippen molar-refractivity contribution in [2.75, 3.05) is 18.1 Å². The van der Waals surface area contributed by atoms with Crippen molar-refractivity contribution in [3.8, 4) is 0 Å². The molecule has 158 valence electrons. The minimum absolute atomic E-state index is 0.0798. The number of carbonyl (C=O) groups excluding carboxylic acids is 2. The average Bonchev–Trinajstić information content (AvgIpc) is 3.33. The molecule has 0 radical (unpaired) electrons. The number of rotatable bonds is 5. The van der Waals surface area contributed by atoms with Gasteiger partial charge in [0.2, 0.25) is 5.78 Å². The average molecular weight is 466 g/mol. The number of hydrogen-bond donors (Lipinski definition) is 0. The molecule has 1 aromatic carbocycles. The molecule has 3 aromatic rings. The molecule has 3 heterocycles. The standard InChI is InChI=1S/C21H20ClNO5S2/c1-12-9-16(13(2)23(12)14-7-8-30(26,27)11-14)17(24)10-28-21(25)20-19(22)15-5-3-4-6-18(15)29-20/h3-6,9,14H,7-8,10-11H2,1-2H3. The Balaban J connectivity index is 1.50. The van der Waals surface area contributed by atoms with E-state index in [1.165, 1.54) is 11.3 Å². The highest BCUT2D eigenvalue weighted by atomic mass is 35.5. The third-order valence-corrected chi connectivity index (χ3v) is 8.82. The Hall–Kier alpha value is -2.16. The SMILES string of the molecule is Cc1cc(C(=O)COC(=O)c2sc3ccccc3c2Cl)c(C)n1C1CCS(=O)(=O)C1. The zero-order chi connectivity index (χ0) is 21.6. The van der Waals surface area contributed by atoms with Crippen LogP contribution in [0.3, 0.4) is 0 Å². The van der Waals surface area contributed by atoms with Crippen LogP contribution in [-0.4, -0.2) is 42.9 Å². The summed E-state index contributed by atoms with van der Waals surface area (Å²) < 4.78 is 31.7. The van der Waals surface area contributed by atoms with Gasteiger partial charge in [-0.2, -0.15) is 0 Å². The van der Waals surface area contributed by atoms with Gasteiger partial charge in [-0.15, -0.1) is 11.3 Å². The van der Waals surface area contributed by atoms with Gasteiger partial charge in [0.15, 0.2) is 16.4 Å². The van der Waals surface area contributed by atoms with Crippen LogP contribution in [0.1, 0.15) is 43.9 Å². The first-order valence-electron chi connectivity index (χ1n) is 9.44. The maximum atomic E-state index is 12.7. The number of aromatic nitrogens is 1. The highest BCUT2D eigenvalue weighted by Gasteiger charge is 2.32. The number of carbonyl (C=O) groups is 2. The Morgan fingerprint density at radius 1 is 1.27 bits per heavy atom. The first-order chi connectivity index (χ1) is 14.2. The highest BCUT2D eigenvalue weighted by Crippen LogP contribution is 2.35. The van der Waals surface area contributed by atoms with E-state index in [1.807, 2.05) is 35.8 Å². The van der Waals surface area contributed by atoms with E-state index in [0.29, 0.717) is 22.7 Å². The molecule has 6 nitrogen and oxygen atoms in total. The number of Topliss-reactive ketones (excluding diaryl/α,β-unsaturated/α-hetero) is 1. The lowest BCUT2D eigenvalue weighted by molar-refractivity contribution is 0.0479. The van der Waals surface area contributed by atoms with E-state index in [9.17, 15) is 18.0 Å². The monoisotopic (exact) mass is 465 g/mol. The number of thiophene rings is 1. The molecule has 0 aliphatic carbocycles. The van der Waals surface area contributed by atoms with Crippen molar-refractivity contribution in [3.63, 3.8) is 0 Å². The van der Waals surface area contributed by atoms with Crippen LogP contribution in [0, 0.1) is 13.8 Å². The summed E-state index contributed by atoms with van der Waals surface area (Å²) in [7, 11) is -3.04. The minimum Gasteiger partial charge on any atom is -0.453 e. The van der Waals surface area contributed by atoms with Gasteiger partial charge in [-0.25, -0.2) is 13.2 Å². The Labute approximate surface area is 183 Å². The Bertz CT molecular complexity index is 1270. The molecular weight excluding hydrogens is 446 g/mol. The van der Waals surface area contributed by atoms with Crippen molar-refractivity contribution in [1.29, 1.82) is 0 Å². The molecule has 0 bridgehead atoms. The quantitative estimate of drug-likeness (QED) is 0.412. The maximum Gasteiger partial charge on any atom is 0.350 e. The number of ketones is 1. The van der Waals surface area contributed by atoms with E-state index in [4.69, 9.17) is 16.3 Å². The second-order valence-corrected chi connectivity index (χ2v) is 11.1. The summed E-state index contributed by atoms with van der Waals surface area (Å²) in [6.07, 6.45) is 0.533. The van der Waals surface area contributed by atoms with Gasteiger partial charge in [-0.05, 0) is 32.4 Å². The summed E-state index contributed by atoms with van der Waals surface area (Å²) in [4.78, 5) is 25.5. The third kappa shape index (κ3) is 3.79. The summed E-state index contributed by atoms with van der Waals surface area (Å²) in [6.45, 7) is 3.23. The summed E-state index contributed by atoms with van der Waals surface area (Å²) in [6, 6.07) is 8.95. The van der Waals surface area contributed by atoms with Crippen LogP contribution in [0.5, 0.6) is 0 Å². The summed E-state index contributed by atoms with van der Waals surface area (Å²) in [5.74, 6) is -0.729. The van der Waals surface area contributed by atoms with Crippen molar-refractivity contribution < 1.29 is 22.7 Å². The molecule has 2 aromatic heterocycles. The first-order valence-corrected chi connectivity index (χ1v) is 12.5. The lowest BCUT2D eigenvalue weighted by Crippen LogP contribution is -2.16. The van der Waals surface area contributed by atoms with Crippen molar-refractivity contribution in [2.24, 2.45) is 0 Å². The first kappa shape index (κ1) is 21.1. The fraction of sp³-hybridized carbons (Fsp3) is 0.333. The van der Waals surface area contributed by atoms with Crippen LogP contribution < -0.4 is 0 Å². The molecular formula is C21H20ClNO5S2. The molecule has 0 saturated carbocycles. The number of hydrogen-bond acceptors (Lipinski definition) is 6. The van der Waals surface area contributed by atoms with Crippen LogP contribution in [0.25, 0.3) is 10.1 Å². The molecule has 1 fully saturated rings. The predicted molar refractivity (Wildman–Crippen MR) is 118 cm³/mol. The van der Waals surface area contributed by atoms with Crippen LogP contribution in [0.15, 0.2) is 30.3 Å². The topological polar surface area (TPSA) is 82.4 Å². The molecule has 1 aliphatic rings. The molecule has 1 atom stereocenters. The van der Waals surface area contributed by atoms with Gasteiger partial charge in [0.1, 0.15) is 4.88 Å². The molecule has 0 spiro atoms. The smallest absolute Gasteiger partial charge is 0.350 e. The number of nitrogens with zero attached hydrogens (tertiary/aromatic N) is 1. The van der Waals surface area contributed by atoms with Gasteiger partial charge >= 0.3 is 5.97 Å². The Kier molecular flexibility index (Phi) is 5.50. The summed E-state index contributed by atoms with van der Waals surface area (Å²) in [5.41, 5.74) is 1.94. The Morgan fingerprint density at radius 3 is 2.67 bits per heavy atom. The molecule has 4 rings (SSSR count). The Morgan fingerprint density at radius 2 is 2.00 bits per heavy atom. The number of fused-ring (bicyclic) bond motifs is 1. The van der Waals surface area contributed by atoms with E-state index in [2.05, 4.69) is 0 Å². The number of halogens is 1. The number of ether oxygens (including phenoxy) is 1. The zero-order valence-corrected chi connectivity index (χ0v) is 18.9. The predicted octanol–water partition coefficient (Wildman–Crippen LogP) is 4.37. The van der Waals surface area contributed by atoms with Gasteiger partial charge in [-0.1, -0.05) is 29.8 Å². The van der Waals surface area contributed by atoms with Crippen molar-refractivity contribution in [3.05, 3.63) is 57.2 Å². The minimum atomic E-state index is -3.04. The van der Waals surface area contributed by atoms with E-state index < -0.39 is 22.4 Å².